The van der Waals surface area contributed by atoms with E-state index in [9.17, 15) is 4.79 Å². The fraction of sp³-hybridized carbons (Fsp3) is 0.200. The molecule has 1 rings (SSSR count). The molecule has 0 spiro atoms. The van der Waals surface area contributed by atoms with Gasteiger partial charge in [0.25, 0.3) is 0 Å². The summed E-state index contributed by atoms with van der Waals surface area (Å²) >= 11 is 0. The van der Waals surface area contributed by atoms with Crippen molar-refractivity contribution in [3.63, 3.8) is 0 Å². The van der Waals surface area contributed by atoms with Gasteiger partial charge < -0.3 is 5.11 Å². The molecule has 0 heterocycles. The van der Waals surface area contributed by atoms with Crippen molar-refractivity contribution in [3.8, 4) is 0 Å². The number of carbonyl (C=O) groups is 1. The van der Waals surface area contributed by atoms with Crippen LogP contribution in [0.5, 0.6) is 0 Å². The minimum atomic E-state index is -0.836. The zero-order valence-corrected chi connectivity index (χ0v) is 11.7. The van der Waals surface area contributed by atoms with Gasteiger partial charge in [0.15, 0.2) is 5.97 Å². The second kappa shape index (κ2) is 11.6. The van der Waals surface area contributed by atoms with Crippen LogP contribution in [0.15, 0.2) is 30.3 Å². The van der Waals surface area contributed by atoms with E-state index < -0.39 is 5.97 Å². The molecule has 0 bridgehead atoms. The zero-order valence-electron chi connectivity index (χ0n) is 7.53. The Bertz CT molecular complexity index is 173. The largest absolute Gasteiger partial charge is 2.00 e. The van der Waals surface area contributed by atoms with Crippen LogP contribution in [0.3, 0.4) is 0 Å². The van der Waals surface area contributed by atoms with Crippen LogP contribution in [0.1, 0.15) is 13.3 Å². The van der Waals surface area contributed by atoms with Gasteiger partial charge in [0.05, 0.1) is 0 Å². The van der Waals surface area contributed by atoms with E-state index in [0.29, 0.717) is 6.42 Å². The summed E-state index contributed by atoms with van der Waals surface area (Å²) in [7, 11) is 0. The van der Waals surface area contributed by atoms with Crippen molar-refractivity contribution >= 4 is 5.97 Å². The Balaban J connectivity index is 0. The first-order chi connectivity index (χ1) is 5.77. The normalized spacial score (nSPS) is 7.15. The van der Waals surface area contributed by atoms with Gasteiger partial charge in [0, 0.05) is 0 Å². The second-order valence-electron chi connectivity index (χ2n) is 2.03. The third-order valence-corrected chi connectivity index (χ3v) is 0.986. The van der Waals surface area contributed by atoms with Gasteiger partial charge in [-0.15, -0.1) is 0 Å². The van der Waals surface area contributed by atoms with E-state index in [1.54, 1.807) is 6.92 Å². The van der Waals surface area contributed by atoms with E-state index in [-0.39, 0.29) is 31.1 Å². The smallest absolute Gasteiger partial charge is 0.503 e. The molecular weight excluding hydrogens is 390 g/mol. The van der Waals surface area contributed by atoms with Gasteiger partial charge in [-0.1, -0.05) is 6.92 Å². The van der Waals surface area contributed by atoms with Crippen LogP contribution in [0.2, 0.25) is 0 Å². The third kappa shape index (κ3) is 14.5. The molecular formula is C10H12O2U. The summed E-state index contributed by atoms with van der Waals surface area (Å²) in [5, 5.41) is 7.86. The maximum atomic E-state index is 9.54. The fourth-order valence-electron chi connectivity index (χ4n) is 0.517. The van der Waals surface area contributed by atoms with Gasteiger partial charge in [-0.2, -0.15) is 42.8 Å². The standard InChI is InChI=1S/C6H5.C4H7O2.U/c1-2-4-6-5-3-1;1-2-3-4(5)6;/h1-5H;3H,2H2,1H3,(H,5,6);/q2*-1;+2. The molecule has 0 aliphatic heterocycles. The Hall–Kier alpha value is -0.388. The number of rotatable bonds is 2. The Morgan fingerprint density at radius 3 is 2.00 bits per heavy atom. The molecule has 0 radical (unpaired) electrons. The molecule has 0 aromatic heterocycles. The Labute approximate surface area is 103 Å². The van der Waals surface area contributed by atoms with E-state index in [0.717, 1.165) is 0 Å². The van der Waals surface area contributed by atoms with E-state index in [1.807, 2.05) is 30.3 Å². The molecule has 0 aliphatic rings. The van der Waals surface area contributed by atoms with Crippen LogP contribution in [-0.4, -0.2) is 11.1 Å². The molecule has 3 heteroatoms. The average molecular weight is 402 g/mol. The van der Waals surface area contributed by atoms with Gasteiger partial charge in [-0.05, 0) is 0 Å². The van der Waals surface area contributed by atoms with Crippen LogP contribution in [0, 0.1) is 43.6 Å². The minimum Gasteiger partial charge on any atom is -0.503 e. The summed E-state index contributed by atoms with van der Waals surface area (Å²) < 4.78 is 0. The van der Waals surface area contributed by atoms with Crippen molar-refractivity contribution in [3.05, 3.63) is 42.8 Å². The molecule has 68 valence electrons. The molecule has 0 saturated carbocycles. The van der Waals surface area contributed by atoms with Gasteiger partial charge in [0.1, 0.15) is 0 Å². The molecule has 0 unspecified atom stereocenters. The van der Waals surface area contributed by atoms with Crippen LogP contribution < -0.4 is 0 Å². The Morgan fingerprint density at radius 1 is 1.38 bits per heavy atom. The van der Waals surface area contributed by atoms with E-state index in [1.165, 1.54) is 6.42 Å². The number of hydrogen-bond acceptors (Lipinski definition) is 1. The molecule has 13 heavy (non-hydrogen) atoms. The molecule has 0 aliphatic carbocycles. The number of carboxylic acids is 1. The summed E-state index contributed by atoms with van der Waals surface area (Å²) in [5.41, 5.74) is 0. The van der Waals surface area contributed by atoms with Crippen LogP contribution in [-0.2, 0) is 4.79 Å². The van der Waals surface area contributed by atoms with Crippen molar-refractivity contribution in [2.24, 2.45) is 0 Å². The van der Waals surface area contributed by atoms with Crippen molar-refractivity contribution in [1.82, 2.24) is 0 Å². The molecule has 0 fully saturated rings. The predicted octanol–water partition coefficient (Wildman–Crippen LogP) is 2.17. The molecule has 0 amide bonds. The SMILES string of the molecule is CC[CH-]C(=O)O.[U+2].[c-]1ccccc1. The van der Waals surface area contributed by atoms with Gasteiger partial charge in [-0.25, -0.2) is 0 Å². The molecule has 0 atom stereocenters. The van der Waals surface area contributed by atoms with E-state index >= 15 is 0 Å². The molecule has 0 saturated heterocycles. The molecule has 1 aromatic rings. The quantitative estimate of drug-likeness (QED) is 0.771. The van der Waals surface area contributed by atoms with Crippen molar-refractivity contribution in [1.29, 1.82) is 0 Å². The summed E-state index contributed by atoms with van der Waals surface area (Å²) in [4.78, 5) is 9.54. The predicted molar refractivity (Wildman–Crippen MR) is 47.5 cm³/mol. The number of hydrogen-bond donors (Lipinski definition) is 1. The second-order valence-corrected chi connectivity index (χ2v) is 2.03. The average Bonchev–Trinajstić information content (AvgIpc) is 2.08. The molecule has 1 aromatic carbocycles. The zero-order chi connectivity index (χ0) is 9.23. The van der Waals surface area contributed by atoms with Gasteiger partial charge >= 0.3 is 31.1 Å². The Kier molecular flexibility index (Phi) is 13.5. The fourth-order valence-corrected chi connectivity index (χ4v) is 0.517. The number of aliphatic carboxylic acids is 1. The van der Waals surface area contributed by atoms with Gasteiger partial charge in [0.2, 0.25) is 0 Å². The number of carboxylic acid groups (broad SMARTS) is 1. The molecule has 1 N–H and O–H groups in total. The topological polar surface area (TPSA) is 37.3 Å². The van der Waals surface area contributed by atoms with Gasteiger partial charge in [-0.3, -0.25) is 11.2 Å². The minimum absolute atomic E-state index is 0. The summed E-state index contributed by atoms with van der Waals surface area (Å²) in [5.74, 6) is -0.836. The van der Waals surface area contributed by atoms with Crippen molar-refractivity contribution < 1.29 is 41.0 Å². The summed E-state index contributed by atoms with van der Waals surface area (Å²) in [6.07, 6.45) is 1.81. The monoisotopic (exact) mass is 402 g/mol. The summed E-state index contributed by atoms with van der Waals surface area (Å²) in [6.45, 7) is 1.79. The number of benzene rings is 1. The first kappa shape index (κ1) is 15.1. The van der Waals surface area contributed by atoms with Crippen LogP contribution >= 0.6 is 0 Å². The third-order valence-electron chi connectivity index (χ3n) is 0.986. The molecule has 2 nitrogen and oxygen atoms in total. The first-order valence-corrected chi connectivity index (χ1v) is 3.74. The van der Waals surface area contributed by atoms with E-state index in [2.05, 4.69) is 6.07 Å². The van der Waals surface area contributed by atoms with Crippen LogP contribution in [0.4, 0.5) is 0 Å². The maximum absolute atomic E-state index is 9.54. The Morgan fingerprint density at radius 2 is 1.92 bits per heavy atom. The van der Waals surface area contributed by atoms with E-state index in [4.69, 9.17) is 5.11 Å². The van der Waals surface area contributed by atoms with Crippen LogP contribution in [0.25, 0.3) is 0 Å². The maximum Gasteiger partial charge on any atom is 2.00 e. The van der Waals surface area contributed by atoms with Crippen molar-refractivity contribution in [2.75, 3.05) is 0 Å². The summed E-state index contributed by atoms with van der Waals surface area (Å²) in [6, 6.07) is 12.5. The first-order valence-electron chi connectivity index (χ1n) is 3.74. The van der Waals surface area contributed by atoms with Crippen molar-refractivity contribution in [2.45, 2.75) is 13.3 Å².